The Hall–Kier alpha value is -1.40. The summed E-state index contributed by atoms with van der Waals surface area (Å²) in [6, 6.07) is 6.38. The average Bonchev–Trinajstić information content (AvgIpc) is 2.26. The van der Waals surface area contributed by atoms with Crippen molar-refractivity contribution < 1.29 is 13.2 Å². The fourth-order valence-corrected chi connectivity index (χ4v) is 2.18. The lowest BCUT2D eigenvalue weighted by molar-refractivity contribution is -0.122. The molecule has 0 aliphatic heterocycles. The predicted octanol–water partition coefficient (Wildman–Crippen LogP) is 1.35. The second kappa shape index (κ2) is 5.97. The van der Waals surface area contributed by atoms with Crippen molar-refractivity contribution in [2.45, 2.75) is 32.1 Å². The van der Waals surface area contributed by atoms with Crippen LogP contribution in [-0.4, -0.2) is 14.3 Å². The van der Waals surface area contributed by atoms with Crippen LogP contribution in [0.1, 0.15) is 25.8 Å². The smallest absolute Gasteiger partial charge is 0.257 e. The van der Waals surface area contributed by atoms with Gasteiger partial charge >= 0.3 is 0 Å². The van der Waals surface area contributed by atoms with Gasteiger partial charge in [-0.05, 0) is 25.0 Å². The molecule has 2 N–H and O–H groups in total. The first-order chi connectivity index (χ1) is 8.31. The van der Waals surface area contributed by atoms with Crippen LogP contribution < -0.4 is 10.3 Å². The third-order valence-electron chi connectivity index (χ3n) is 2.25. The Morgan fingerprint density at radius 1 is 1.22 bits per heavy atom. The third kappa shape index (κ3) is 4.46. The van der Waals surface area contributed by atoms with Gasteiger partial charge < -0.3 is 0 Å². The molecule has 100 valence electrons. The molecule has 0 saturated heterocycles. The van der Waals surface area contributed by atoms with E-state index < -0.39 is 10.0 Å². The minimum Gasteiger partial charge on any atom is -0.278 e. The molecule has 6 heteroatoms. The molecule has 0 unspecified atom stereocenters. The molecule has 0 radical (unpaired) electrons. The molecule has 0 aliphatic carbocycles. The number of rotatable bonds is 5. The standard InChI is InChI=1S/C12H18N2O3S/c1-9(2)8-12(15)13-14-18(16,17)11-6-4-10(3)5-7-11/h4-7,9,14H,8H2,1-3H3,(H,13,15). The van der Waals surface area contributed by atoms with Gasteiger partial charge in [-0.2, -0.15) is 0 Å². The van der Waals surface area contributed by atoms with Crippen molar-refractivity contribution in [2.24, 2.45) is 5.92 Å². The van der Waals surface area contributed by atoms with Crippen LogP contribution in [0, 0.1) is 12.8 Å². The molecule has 0 heterocycles. The topological polar surface area (TPSA) is 75.3 Å². The van der Waals surface area contributed by atoms with Gasteiger partial charge in [0.15, 0.2) is 0 Å². The lowest BCUT2D eigenvalue weighted by atomic mass is 10.1. The number of carbonyl (C=O) groups excluding carboxylic acids is 1. The Morgan fingerprint density at radius 2 is 1.78 bits per heavy atom. The van der Waals surface area contributed by atoms with E-state index in [2.05, 4.69) is 10.3 Å². The molecule has 0 bridgehead atoms. The van der Waals surface area contributed by atoms with Crippen molar-refractivity contribution >= 4 is 15.9 Å². The van der Waals surface area contributed by atoms with Crippen molar-refractivity contribution in [3.63, 3.8) is 0 Å². The first kappa shape index (κ1) is 14.7. The molecule has 1 aromatic carbocycles. The van der Waals surface area contributed by atoms with E-state index in [0.29, 0.717) is 0 Å². The van der Waals surface area contributed by atoms with Gasteiger partial charge in [0, 0.05) is 6.42 Å². The summed E-state index contributed by atoms with van der Waals surface area (Å²) >= 11 is 0. The number of amides is 1. The number of sulfonamides is 1. The molecule has 0 saturated carbocycles. The number of carbonyl (C=O) groups is 1. The summed E-state index contributed by atoms with van der Waals surface area (Å²) in [7, 11) is -3.69. The van der Waals surface area contributed by atoms with E-state index >= 15 is 0 Å². The number of nitrogens with one attached hydrogen (secondary N) is 2. The zero-order chi connectivity index (χ0) is 13.8. The largest absolute Gasteiger partial charge is 0.278 e. The van der Waals surface area contributed by atoms with Gasteiger partial charge in [0.25, 0.3) is 10.0 Å². The van der Waals surface area contributed by atoms with Gasteiger partial charge in [-0.25, -0.2) is 8.42 Å². The van der Waals surface area contributed by atoms with Gasteiger partial charge in [0.2, 0.25) is 5.91 Å². The maximum absolute atomic E-state index is 11.8. The minimum absolute atomic E-state index is 0.123. The lowest BCUT2D eigenvalue weighted by Gasteiger charge is -2.09. The number of benzene rings is 1. The zero-order valence-corrected chi connectivity index (χ0v) is 11.5. The van der Waals surface area contributed by atoms with Crippen LogP contribution in [0.3, 0.4) is 0 Å². The van der Waals surface area contributed by atoms with Crippen molar-refractivity contribution in [3.8, 4) is 0 Å². The van der Waals surface area contributed by atoms with E-state index in [-0.39, 0.29) is 23.1 Å². The maximum atomic E-state index is 11.8. The Labute approximate surface area is 108 Å². The SMILES string of the molecule is Cc1ccc(S(=O)(=O)NNC(=O)CC(C)C)cc1. The van der Waals surface area contributed by atoms with Crippen LogP contribution >= 0.6 is 0 Å². The molecule has 1 rings (SSSR count). The maximum Gasteiger partial charge on any atom is 0.257 e. The van der Waals surface area contributed by atoms with Crippen LogP contribution in [0.2, 0.25) is 0 Å². The quantitative estimate of drug-likeness (QED) is 0.793. The molecule has 0 aromatic heterocycles. The predicted molar refractivity (Wildman–Crippen MR) is 69.1 cm³/mol. The summed E-state index contributed by atoms with van der Waals surface area (Å²) in [6.45, 7) is 5.64. The molecule has 0 atom stereocenters. The lowest BCUT2D eigenvalue weighted by Crippen LogP contribution is -2.41. The highest BCUT2D eigenvalue weighted by Crippen LogP contribution is 2.09. The van der Waals surface area contributed by atoms with Gasteiger partial charge in [-0.15, -0.1) is 4.83 Å². The minimum atomic E-state index is -3.69. The second-order valence-corrected chi connectivity index (χ2v) is 6.25. The Morgan fingerprint density at radius 3 is 2.28 bits per heavy atom. The number of hydrogen-bond acceptors (Lipinski definition) is 3. The number of hydrazine groups is 1. The molecule has 1 amide bonds. The monoisotopic (exact) mass is 270 g/mol. The van der Waals surface area contributed by atoms with Crippen LogP contribution in [0.5, 0.6) is 0 Å². The summed E-state index contributed by atoms with van der Waals surface area (Å²) in [5.74, 6) is -0.172. The third-order valence-corrected chi connectivity index (χ3v) is 3.51. The van der Waals surface area contributed by atoms with Gasteiger partial charge in [-0.1, -0.05) is 31.5 Å². The van der Waals surface area contributed by atoms with Crippen LogP contribution in [0.4, 0.5) is 0 Å². The fraction of sp³-hybridized carbons (Fsp3) is 0.417. The van der Waals surface area contributed by atoms with Gasteiger partial charge in [0.1, 0.15) is 0 Å². The van der Waals surface area contributed by atoms with Crippen molar-refractivity contribution in [2.75, 3.05) is 0 Å². The van der Waals surface area contributed by atoms with Crippen molar-refractivity contribution in [1.82, 2.24) is 10.3 Å². The van der Waals surface area contributed by atoms with E-state index in [4.69, 9.17) is 0 Å². The first-order valence-corrected chi connectivity index (χ1v) is 7.17. The highest BCUT2D eigenvalue weighted by molar-refractivity contribution is 7.89. The fourth-order valence-electron chi connectivity index (χ4n) is 1.32. The Kier molecular flexibility index (Phi) is 4.86. The first-order valence-electron chi connectivity index (χ1n) is 5.68. The zero-order valence-electron chi connectivity index (χ0n) is 10.7. The van der Waals surface area contributed by atoms with Crippen LogP contribution in [0.15, 0.2) is 29.2 Å². The molecule has 0 spiro atoms. The van der Waals surface area contributed by atoms with E-state index in [1.54, 1.807) is 12.1 Å². The average molecular weight is 270 g/mol. The van der Waals surface area contributed by atoms with E-state index in [1.165, 1.54) is 12.1 Å². The summed E-state index contributed by atoms with van der Waals surface area (Å²) in [6.07, 6.45) is 0.274. The summed E-state index contributed by atoms with van der Waals surface area (Å²) in [5, 5.41) is 0. The summed E-state index contributed by atoms with van der Waals surface area (Å²) in [5.41, 5.74) is 3.16. The van der Waals surface area contributed by atoms with E-state index in [9.17, 15) is 13.2 Å². The normalized spacial score (nSPS) is 11.6. The molecular formula is C12H18N2O3S. The Balaban J connectivity index is 2.66. The molecule has 18 heavy (non-hydrogen) atoms. The number of aryl methyl sites for hydroxylation is 1. The Bertz CT molecular complexity index is 507. The van der Waals surface area contributed by atoms with Crippen molar-refractivity contribution in [3.05, 3.63) is 29.8 Å². The highest BCUT2D eigenvalue weighted by atomic mass is 32.2. The molecule has 0 aliphatic rings. The molecule has 5 nitrogen and oxygen atoms in total. The van der Waals surface area contributed by atoms with E-state index in [0.717, 1.165) is 5.56 Å². The van der Waals surface area contributed by atoms with Gasteiger partial charge in [-0.3, -0.25) is 10.2 Å². The summed E-state index contributed by atoms with van der Waals surface area (Å²) < 4.78 is 23.6. The number of hydrogen-bond donors (Lipinski definition) is 2. The molecule has 0 fully saturated rings. The molecule has 1 aromatic rings. The van der Waals surface area contributed by atoms with E-state index in [1.807, 2.05) is 20.8 Å². The molecular weight excluding hydrogens is 252 g/mol. The summed E-state index contributed by atoms with van der Waals surface area (Å²) in [4.78, 5) is 13.5. The highest BCUT2D eigenvalue weighted by Gasteiger charge is 2.14. The van der Waals surface area contributed by atoms with Crippen molar-refractivity contribution in [1.29, 1.82) is 0 Å². The van der Waals surface area contributed by atoms with Gasteiger partial charge in [0.05, 0.1) is 4.90 Å². The van der Waals surface area contributed by atoms with Crippen LogP contribution in [0.25, 0.3) is 0 Å². The van der Waals surface area contributed by atoms with Crippen LogP contribution in [-0.2, 0) is 14.8 Å². The second-order valence-electron chi connectivity index (χ2n) is 4.56.